The van der Waals surface area contributed by atoms with E-state index in [-0.39, 0.29) is 0 Å². The summed E-state index contributed by atoms with van der Waals surface area (Å²) in [4.78, 5) is 0. The average Bonchev–Trinajstić information content (AvgIpc) is 2.21. The first kappa shape index (κ1) is 12.4. The Morgan fingerprint density at radius 3 is 2.80 bits per heavy atom. The first-order valence-corrected chi connectivity index (χ1v) is 6.06. The minimum atomic E-state index is 0.501. The third kappa shape index (κ3) is 3.74. The minimum Gasteiger partial charge on any atom is -0.495 e. The van der Waals surface area contributed by atoms with Gasteiger partial charge in [-0.25, -0.2) is 0 Å². The molecule has 0 spiro atoms. The highest BCUT2D eigenvalue weighted by atomic mass is 79.9. The van der Waals surface area contributed by atoms with Crippen molar-refractivity contribution in [2.75, 3.05) is 12.4 Å². The SMILES string of the molecule is CCC[C@@H](C)Nc1ccc(Br)c(OC)c1. The zero-order chi connectivity index (χ0) is 11.3. The van der Waals surface area contributed by atoms with Gasteiger partial charge in [0, 0.05) is 17.8 Å². The predicted octanol–water partition coefficient (Wildman–Crippen LogP) is 4.06. The fraction of sp³-hybridized carbons (Fsp3) is 0.500. The van der Waals surface area contributed by atoms with Crippen LogP contribution < -0.4 is 10.1 Å². The molecule has 0 bridgehead atoms. The zero-order valence-corrected chi connectivity index (χ0v) is 11.1. The summed E-state index contributed by atoms with van der Waals surface area (Å²) in [5, 5.41) is 3.44. The molecule has 0 amide bonds. The number of ether oxygens (including phenoxy) is 1. The van der Waals surface area contributed by atoms with E-state index in [1.807, 2.05) is 12.1 Å². The van der Waals surface area contributed by atoms with Gasteiger partial charge in [0.25, 0.3) is 0 Å². The van der Waals surface area contributed by atoms with Crippen molar-refractivity contribution in [1.29, 1.82) is 0 Å². The summed E-state index contributed by atoms with van der Waals surface area (Å²) in [5.41, 5.74) is 1.11. The zero-order valence-electron chi connectivity index (χ0n) is 9.51. The number of rotatable bonds is 5. The van der Waals surface area contributed by atoms with Crippen LogP contribution >= 0.6 is 15.9 Å². The predicted molar refractivity (Wildman–Crippen MR) is 68.7 cm³/mol. The highest BCUT2D eigenvalue weighted by molar-refractivity contribution is 9.10. The fourth-order valence-electron chi connectivity index (χ4n) is 1.54. The Balaban J connectivity index is 2.69. The standard InChI is InChI=1S/C12H18BrNO/c1-4-5-9(2)14-10-6-7-11(13)12(8-10)15-3/h6-9,14H,4-5H2,1-3H3/t9-/m1/s1. The molecule has 0 aromatic heterocycles. The smallest absolute Gasteiger partial charge is 0.135 e. The Hall–Kier alpha value is -0.700. The molecular formula is C12H18BrNO. The van der Waals surface area contributed by atoms with Crippen LogP contribution in [0.4, 0.5) is 5.69 Å². The summed E-state index contributed by atoms with van der Waals surface area (Å²) in [6.45, 7) is 4.39. The van der Waals surface area contributed by atoms with Crippen LogP contribution in [0.2, 0.25) is 0 Å². The lowest BCUT2D eigenvalue weighted by atomic mass is 10.2. The average molecular weight is 272 g/mol. The molecule has 0 fully saturated rings. The lowest BCUT2D eigenvalue weighted by Gasteiger charge is -2.15. The Kier molecular flexibility index (Phi) is 4.95. The van der Waals surface area contributed by atoms with E-state index in [4.69, 9.17) is 4.74 Å². The van der Waals surface area contributed by atoms with Crippen molar-refractivity contribution in [3.05, 3.63) is 22.7 Å². The van der Waals surface area contributed by atoms with Crippen molar-refractivity contribution in [3.8, 4) is 5.75 Å². The van der Waals surface area contributed by atoms with Crippen LogP contribution in [0.3, 0.4) is 0 Å². The summed E-state index contributed by atoms with van der Waals surface area (Å²) in [7, 11) is 1.68. The van der Waals surface area contributed by atoms with Gasteiger partial charge in [0.15, 0.2) is 0 Å². The summed E-state index contributed by atoms with van der Waals surface area (Å²) < 4.78 is 6.23. The van der Waals surface area contributed by atoms with Gasteiger partial charge in [0.2, 0.25) is 0 Å². The summed E-state index contributed by atoms with van der Waals surface area (Å²) in [6, 6.07) is 6.57. The Labute approximate surface area is 100 Å². The van der Waals surface area contributed by atoms with Crippen molar-refractivity contribution >= 4 is 21.6 Å². The molecule has 84 valence electrons. The number of hydrogen-bond donors (Lipinski definition) is 1. The van der Waals surface area contributed by atoms with Gasteiger partial charge in [-0.1, -0.05) is 13.3 Å². The number of nitrogens with one attached hydrogen (secondary N) is 1. The summed E-state index contributed by atoms with van der Waals surface area (Å²) >= 11 is 3.43. The van der Waals surface area contributed by atoms with E-state index in [9.17, 15) is 0 Å². The maximum Gasteiger partial charge on any atom is 0.135 e. The van der Waals surface area contributed by atoms with E-state index in [2.05, 4.69) is 41.2 Å². The van der Waals surface area contributed by atoms with Gasteiger partial charge in [-0.3, -0.25) is 0 Å². The van der Waals surface area contributed by atoms with Gasteiger partial charge in [0.05, 0.1) is 11.6 Å². The van der Waals surface area contributed by atoms with Gasteiger partial charge in [-0.2, -0.15) is 0 Å². The second-order valence-electron chi connectivity index (χ2n) is 3.68. The molecule has 1 atom stereocenters. The van der Waals surface area contributed by atoms with E-state index >= 15 is 0 Å². The number of benzene rings is 1. The van der Waals surface area contributed by atoms with Gasteiger partial charge in [0.1, 0.15) is 5.75 Å². The van der Waals surface area contributed by atoms with E-state index in [0.29, 0.717) is 6.04 Å². The Bertz CT molecular complexity index is 314. The number of methoxy groups -OCH3 is 1. The maximum absolute atomic E-state index is 5.24. The molecule has 0 saturated carbocycles. The molecule has 2 nitrogen and oxygen atoms in total. The monoisotopic (exact) mass is 271 g/mol. The lowest BCUT2D eigenvalue weighted by molar-refractivity contribution is 0.412. The highest BCUT2D eigenvalue weighted by Gasteiger charge is 2.04. The molecule has 1 N–H and O–H groups in total. The van der Waals surface area contributed by atoms with Crippen LogP contribution in [0.25, 0.3) is 0 Å². The number of hydrogen-bond acceptors (Lipinski definition) is 2. The van der Waals surface area contributed by atoms with Crippen LogP contribution in [-0.2, 0) is 0 Å². The van der Waals surface area contributed by atoms with E-state index in [1.165, 1.54) is 12.8 Å². The lowest BCUT2D eigenvalue weighted by Crippen LogP contribution is -2.14. The van der Waals surface area contributed by atoms with Crippen LogP contribution in [-0.4, -0.2) is 13.2 Å². The molecule has 1 aromatic carbocycles. The molecule has 15 heavy (non-hydrogen) atoms. The third-order valence-corrected chi connectivity index (χ3v) is 2.94. The third-order valence-electron chi connectivity index (χ3n) is 2.29. The van der Waals surface area contributed by atoms with Crippen molar-refractivity contribution in [3.63, 3.8) is 0 Å². The Morgan fingerprint density at radius 1 is 1.47 bits per heavy atom. The van der Waals surface area contributed by atoms with Gasteiger partial charge >= 0.3 is 0 Å². The van der Waals surface area contributed by atoms with E-state index in [0.717, 1.165) is 15.9 Å². The first-order valence-electron chi connectivity index (χ1n) is 5.27. The van der Waals surface area contributed by atoms with Crippen LogP contribution in [0.5, 0.6) is 5.75 Å². The van der Waals surface area contributed by atoms with Crippen LogP contribution in [0, 0.1) is 0 Å². The molecule has 0 saturated heterocycles. The van der Waals surface area contributed by atoms with Crippen LogP contribution in [0.1, 0.15) is 26.7 Å². The molecule has 0 aliphatic carbocycles. The topological polar surface area (TPSA) is 21.3 Å². The number of halogens is 1. The second-order valence-corrected chi connectivity index (χ2v) is 4.54. The summed E-state index contributed by atoms with van der Waals surface area (Å²) in [5.74, 6) is 0.865. The summed E-state index contributed by atoms with van der Waals surface area (Å²) in [6.07, 6.45) is 2.38. The van der Waals surface area contributed by atoms with E-state index in [1.54, 1.807) is 7.11 Å². The highest BCUT2D eigenvalue weighted by Crippen LogP contribution is 2.28. The van der Waals surface area contributed by atoms with E-state index < -0.39 is 0 Å². The molecule has 0 aliphatic rings. The van der Waals surface area contributed by atoms with Crippen molar-refractivity contribution < 1.29 is 4.74 Å². The number of anilines is 1. The first-order chi connectivity index (χ1) is 7.17. The molecule has 1 aromatic rings. The molecular weight excluding hydrogens is 254 g/mol. The largest absolute Gasteiger partial charge is 0.495 e. The molecule has 3 heteroatoms. The Morgan fingerprint density at radius 2 is 2.20 bits per heavy atom. The van der Waals surface area contributed by atoms with Crippen molar-refractivity contribution in [2.24, 2.45) is 0 Å². The molecule has 0 aliphatic heterocycles. The maximum atomic E-state index is 5.24. The molecule has 0 heterocycles. The normalized spacial score (nSPS) is 12.3. The van der Waals surface area contributed by atoms with Gasteiger partial charge in [-0.05, 0) is 41.4 Å². The van der Waals surface area contributed by atoms with Crippen LogP contribution in [0.15, 0.2) is 22.7 Å². The molecule has 0 unspecified atom stereocenters. The minimum absolute atomic E-state index is 0.501. The molecule has 1 rings (SSSR count). The molecule has 0 radical (unpaired) electrons. The quantitative estimate of drug-likeness (QED) is 0.872. The van der Waals surface area contributed by atoms with Crippen molar-refractivity contribution in [2.45, 2.75) is 32.7 Å². The van der Waals surface area contributed by atoms with Crippen molar-refractivity contribution in [1.82, 2.24) is 0 Å². The van der Waals surface area contributed by atoms with Gasteiger partial charge < -0.3 is 10.1 Å². The second kappa shape index (κ2) is 6.01. The fourth-order valence-corrected chi connectivity index (χ4v) is 1.95. The van der Waals surface area contributed by atoms with Gasteiger partial charge in [-0.15, -0.1) is 0 Å².